The summed E-state index contributed by atoms with van der Waals surface area (Å²) >= 11 is 0. The topological polar surface area (TPSA) is 92.2 Å². The van der Waals surface area contributed by atoms with Crippen LogP contribution in [0.4, 0.5) is 0 Å². The molecule has 0 aromatic carbocycles. The van der Waals surface area contributed by atoms with Crippen molar-refractivity contribution in [2.45, 2.75) is 39.2 Å². The van der Waals surface area contributed by atoms with Crippen LogP contribution < -0.4 is 10.9 Å². The molecular weight excluding hydrogens is 270 g/mol. The number of fused-ring (bicyclic) bond motifs is 1. The number of nitrogens with one attached hydrogen (secondary N) is 2. The first-order valence-corrected chi connectivity index (χ1v) is 7.27. The van der Waals surface area contributed by atoms with E-state index in [2.05, 4.69) is 34.2 Å². The zero-order valence-electron chi connectivity index (χ0n) is 12.2. The molecule has 1 fully saturated rings. The molecule has 2 unspecified atom stereocenters. The number of hydrogen-bond acceptors (Lipinski definition) is 4. The lowest BCUT2D eigenvalue weighted by atomic mass is 9.80. The minimum Gasteiger partial charge on any atom is -0.348 e. The molecule has 21 heavy (non-hydrogen) atoms. The third kappa shape index (κ3) is 2.81. The molecule has 1 saturated carbocycles. The quantitative estimate of drug-likeness (QED) is 0.861. The molecule has 1 aliphatic carbocycles. The first-order chi connectivity index (χ1) is 10.0. The summed E-state index contributed by atoms with van der Waals surface area (Å²) in [5.74, 6) is 1.11. The SMILES string of the molecule is CC1CC(C)CC(NC(=O)c2cc(=O)n3[nH]cnc3n2)C1. The molecule has 0 saturated heterocycles. The number of amides is 1. The molecule has 3 rings (SSSR count). The average molecular weight is 289 g/mol. The minimum absolute atomic E-state index is 0.123. The fourth-order valence-electron chi connectivity index (χ4n) is 3.26. The molecule has 7 nitrogen and oxygen atoms in total. The number of carbonyl (C=O) groups excluding carboxylic acids is 1. The highest BCUT2D eigenvalue weighted by Crippen LogP contribution is 2.28. The lowest BCUT2D eigenvalue weighted by Crippen LogP contribution is -2.40. The molecular formula is C14H19N5O2. The van der Waals surface area contributed by atoms with Crippen molar-refractivity contribution < 1.29 is 4.79 Å². The molecule has 0 radical (unpaired) electrons. The fourth-order valence-corrected chi connectivity index (χ4v) is 3.26. The molecule has 2 N–H and O–H groups in total. The predicted octanol–water partition coefficient (Wildman–Crippen LogP) is 0.972. The smallest absolute Gasteiger partial charge is 0.274 e. The number of H-pyrrole nitrogens is 1. The Morgan fingerprint density at radius 2 is 2.05 bits per heavy atom. The van der Waals surface area contributed by atoms with Gasteiger partial charge in [-0.1, -0.05) is 13.8 Å². The number of rotatable bonds is 2. The van der Waals surface area contributed by atoms with Gasteiger partial charge in [0.2, 0.25) is 0 Å². The van der Waals surface area contributed by atoms with Gasteiger partial charge in [-0.25, -0.2) is 9.97 Å². The summed E-state index contributed by atoms with van der Waals surface area (Å²) in [7, 11) is 0. The van der Waals surface area contributed by atoms with Crippen molar-refractivity contribution in [2.75, 3.05) is 0 Å². The second kappa shape index (κ2) is 5.31. The highest BCUT2D eigenvalue weighted by atomic mass is 16.2. The van der Waals surface area contributed by atoms with Crippen LogP contribution in [0, 0.1) is 11.8 Å². The average Bonchev–Trinajstić information content (AvgIpc) is 2.86. The molecule has 1 aliphatic rings. The molecule has 112 valence electrons. The van der Waals surface area contributed by atoms with Crippen molar-refractivity contribution in [2.24, 2.45) is 11.8 Å². The van der Waals surface area contributed by atoms with E-state index in [0.29, 0.717) is 11.8 Å². The lowest BCUT2D eigenvalue weighted by molar-refractivity contribution is 0.0906. The van der Waals surface area contributed by atoms with Gasteiger partial charge in [-0.15, -0.1) is 0 Å². The summed E-state index contributed by atoms with van der Waals surface area (Å²) in [4.78, 5) is 32.1. The van der Waals surface area contributed by atoms with E-state index < -0.39 is 0 Å². The maximum absolute atomic E-state index is 12.3. The van der Waals surface area contributed by atoms with Crippen LogP contribution in [-0.2, 0) is 0 Å². The van der Waals surface area contributed by atoms with Crippen molar-refractivity contribution in [3.8, 4) is 0 Å². The van der Waals surface area contributed by atoms with E-state index >= 15 is 0 Å². The number of carbonyl (C=O) groups is 1. The zero-order chi connectivity index (χ0) is 15.0. The maximum Gasteiger partial charge on any atom is 0.274 e. The Bertz CT molecular complexity index is 709. The maximum atomic E-state index is 12.3. The van der Waals surface area contributed by atoms with Crippen molar-refractivity contribution in [1.82, 2.24) is 24.9 Å². The molecule has 2 aromatic heterocycles. The largest absolute Gasteiger partial charge is 0.348 e. The molecule has 2 aromatic rings. The van der Waals surface area contributed by atoms with Crippen molar-refractivity contribution in [3.05, 3.63) is 28.4 Å². The van der Waals surface area contributed by atoms with Gasteiger partial charge < -0.3 is 5.32 Å². The summed E-state index contributed by atoms with van der Waals surface area (Å²) < 4.78 is 1.20. The zero-order valence-corrected chi connectivity index (χ0v) is 12.2. The van der Waals surface area contributed by atoms with Crippen LogP contribution in [0.25, 0.3) is 5.78 Å². The van der Waals surface area contributed by atoms with Gasteiger partial charge in [0.1, 0.15) is 12.0 Å². The summed E-state index contributed by atoms with van der Waals surface area (Å²) in [6.07, 6.45) is 4.51. The van der Waals surface area contributed by atoms with Crippen molar-refractivity contribution in [3.63, 3.8) is 0 Å². The Morgan fingerprint density at radius 1 is 1.33 bits per heavy atom. The highest BCUT2D eigenvalue weighted by Gasteiger charge is 2.26. The van der Waals surface area contributed by atoms with E-state index in [1.54, 1.807) is 0 Å². The molecule has 0 spiro atoms. The van der Waals surface area contributed by atoms with E-state index in [4.69, 9.17) is 0 Å². The Morgan fingerprint density at radius 3 is 2.76 bits per heavy atom. The Balaban J connectivity index is 1.79. The van der Waals surface area contributed by atoms with Gasteiger partial charge in [-0.05, 0) is 31.1 Å². The second-order valence-corrected chi connectivity index (χ2v) is 6.09. The van der Waals surface area contributed by atoms with Crippen LogP contribution in [0.1, 0.15) is 43.6 Å². The highest BCUT2D eigenvalue weighted by molar-refractivity contribution is 5.92. The predicted molar refractivity (Wildman–Crippen MR) is 77.0 cm³/mol. The molecule has 2 heterocycles. The van der Waals surface area contributed by atoms with Crippen molar-refractivity contribution in [1.29, 1.82) is 0 Å². The van der Waals surface area contributed by atoms with Gasteiger partial charge in [0.15, 0.2) is 0 Å². The van der Waals surface area contributed by atoms with Crippen LogP contribution >= 0.6 is 0 Å². The monoisotopic (exact) mass is 289 g/mol. The van der Waals surface area contributed by atoms with Gasteiger partial charge in [-0.3, -0.25) is 14.7 Å². The Hall–Kier alpha value is -2.18. The van der Waals surface area contributed by atoms with E-state index in [1.165, 1.54) is 23.3 Å². The molecule has 2 atom stereocenters. The molecule has 0 bridgehead atoms. The summed E-state index contributed by atoms with van der Waals surface area (Å²) in [5, 5.41) is 5.64. The molecule has 0 aliphatic heterocycles. The van der Waals surface area contributed by atoms with Gasteiger partial charge in [0.05, 0.1) is 0 Å². The molecule has 1 amide bonds. The van der Waals surface area contributed by atoms with Crippen molar-refractivity contribution >= 4 is 11.7 Å². The number of aromatic amines is 1. The van der Waals surface area contributed by atoms with E-state index in [0.717, 1.165) is 12.8 Å². The standard InChI is InChI=1S/C14H19N5O2/c1-8-3-9(2)5-10(4-8)17-13(21)11-6-12(20)19-14(18-11)15-7-16-19/h6-10H,3-5H2,1-2H3,(H,17,21)(H,15,16,18). The number of nitrogens with zero attached hydrogens (tertiary/aromatic N) is 3. The Kier molecular flexibility index (Phi) is 3.48. The van der Waals surface area contributed by atoms with Crippen LogP contribution in [-0.4, -0.2) is 31.5 Å². The van der Waals surface area contributed by atoms with E-state index in [-0.39, 0.29) is 29.0 Å². The number of hydrogen-bond donors (Lipinski definition) is 2. The van der Waals surface area contributed by atoms with E-state index in [1.807, 2.05) is 0 Å². The van der Waals surface area contributed by atoms with Crippen LogP contribution in [0.3, 0.4) is 0 Å². The molecule has 7 heteroatoms. The van der Waals surface area contributed by atoms with Gasteiger partial charge in [-0.2, -0.15) is 4.52 Å². The third-order valence-corrected chi connectivity index (χ3v) is 4.01. The van der Waals surface area contributed by atoms with Gasteiger partial charge in [0, 0.05) is 12.1 Å². The minimum atomic E-state index is -0.340. The van der Waals surface area contributed by atoms with Crippen LogP contribution in [0.15, 0.2) is 17.2 Å². The summed E-state index contributed by atoms with van der Waals surface area (Å²) in [5.41, 5.74) is -0.217. The van der Waals surface area contributed by atoms with Gasteiger partial charge in [0.25, 0.3) is 17.2 Å². The van der Waals surface area contributed by atoms with Crippen LogP contribution in [0.2, 0.25) is 0 Å². The second-order valence-electron chi connectivity index (χ2n) is 6.09. The summed E-state index contributed by atoms with van der Waals surface area (Å²) in [6, 6.07) is 1.38. The first kappa shape index (κ1) is 13.8. The normalized spacial score (nSPS) is 25.9. The first-order valence-electron chi connectivity index (χ1n) is 7.27. The number of aromatic nitrogens is 4. The Labute approximate surface area is 121 Å². The lowest BCUT2D eigenvalue weighted by Gasteiger charge is -2.31. The summed E-state index contributed by atoms with van der Waals surface area (Å²) in [6.45, 7) is 4.41. The fraction of sp³-hybridized carbons (Fsp3) is 0.571. The van der Waals surface area contributed by atoms with Gasteiger partial charge >= 0.3 is 0 Å². The third-order valence-electron chi connectivity index (χ3n) is 4.01. The van der Waals surface area contributed by atoms with E-state index in [9.17, 15) is 9.59 Å². The van der Waals surface area contributed by atoms with Crippen LogP contribution in [0.5, 0.6) is 0 Å².